The molecule has 0 saturated heterocycles. The van der Waals surface area contributed by atoms with E-state index < -0.39 is 0 Å². The largest absolute Gasteiger partial charge is 0.354 e. The molecule has 1 rings (SSSR count). The summed E-state index contributed by atoms with van der Waals surface area (Å²) < 4.78 is 0. The number of carbonyl (C=O) groups is 2. The van der Waals surface area contributed by atoms with Crippen LogP contribution in [0.15, 0.2) is 24.3 Å². The fraction of sp³-hybridized carbons (Fsp3) is 0.429. The van der Waals surface area contributed by atoms with Gasteiger partial charge in [-0.2, -0.15) is 0 Å². The second-order valence-corrected chi connectivity index (χ2v) is 5.22. The first-order valence-corrected chi connectivity index (χ1v) is 7.74. The molecule has 0 aromatic heterocycles. The number of hydrogen-bond donors (Lipinski definition) is 3. The number of amides is 2. The van der Waals surface area contributed by atoms with Crippen LogP contribution in [0.1, 0.15) is 12.5 Å². The number of nitrogens with two attached hydrogens (primary N) is 1. The Bertz CT molecular complexity index is 435. The minimum atomic E-state index is -0.106. The molecule has 6 heteroatoms. The van der Waals surface area contributed by atoms with E-state index in [-0.39, 0.29) is 23.3 Å². The molecule has 0 radical (unpaired) electrons. The van der Waals surface area contributed by atoms with Crippen molar-refractivity contribution in [3.63, 3.8) is 0 Å². The van der Waals surface area contributed by atoms with Crippen LogP contribution < -0.4 is 16.4 Å². The van der Waals surface area contributed by atoms with Gasteiger partial charge in [-0.1, -0.05) is 19.1 Å². The molecule has 0 fully saturated rings. The van der Waals surface area contributed by atoms with Crippen molar-refractivity contribution in [3.05, 3.63) is 29.8 Å². The van der Waals surface area contributed by atoms with Crippen molar-refractivity contribution >= 4 is 29.3 Å². The summed E-state index contributed by atoms with van der Waals surface area (Å²) in [5.41, 5.74) is 7.28. The van der Waals surface area contributed by atoms with E-state index in [0.717, 1.165) is 12.1 Å². The summed E-state index contributed by atoms with van der Waals surface area (Å²) in [6.45, 7) is 2.97. The minimum Gasteiger partial charge on any atom is -0.354 e. The lowest BCUT2D eigenvalue weighted by molar-refractivity contribution is -0.118. The summed E-state index contributed by atoms with van der Waals surface area (Å²) in [5, 5.41) is 5.45. The molecule has 0 unspecified atom stereocenters. The molecule has 0 aliphatic carbocycles. The smallest absolute Gasteiger partial charge is 0.234 e. The maximum Gasteiger partial charge on any atom is 0.234 e. The quantitative estimate of drug-likeness (QED) is 0.668. The first-order chi connectivity index (χ1) is 9.65. The van der Waals surface area contributed by atoms with Gasteiger partial charge in [0.1, 0.15) is 0 Å². The van der Waals surface area contributed by atoms with Crippen LogP contribution in [-0.2, 0) is 16.0 Å². The Morgan fingerprint density at radius 3 is 2.40 bits per heavy atom. The number of benzene rings is 1. The molecule has 0 spiro atoms. The van der Waals surface area contributed by atoms with E-state index in [4.69, 9.17) is 5.73 Å². The molecule has 0 bridgehead atoms. The monoisotopic (exact) mass is 295 g/mol. The lowest BCUT2D eigenvalue weighted by Crippen LogP contribution is -2.30. The van der Waals surface area contributed by atoms with Crippen molar-refractivity contribution in [1.29, 1.82) is 0 Å². The number of hydrogen-bond acceptors (Lipinski definition) is 4. The Hall–Kier alpha value is -1.53. The fourth-order valence-corrected chi connectivity index (χ4v) is 2.17. The predicted molar refractivity (Wildman–Crippen MR) is 83.8 cm³/mol. The van der Waals surface area contributed by atoms with Crippen molar-refractivity contribution in [2.24, 2.45) is 5.73 Å². The SMILES string of the molecule is CCc1ccc(NC(=O)CSCC(=O)NCCN)cc1. The van der Waals surface area contributed by atoms with Crippen LogP contribution >= 0.6 is 11.8 Å². The van der Waals surface area contributed by atoms with Gasteiger partial charge in [-0.05, 0) is 24.1 Å². The van der Waals surface area contributed by atoms with E-state index in [1.165, 1.54) is 17.3 Å². The zero-order valence-corrected chi connectivity index (χ0v) is 12.5. The van der Waals surface area contributed by atoms with E-state index in [0.29, 0.717) is 13.1 Å². The van der Waals surface area contributed by atoms with E-state index in [2.05, 4.69) is 17.6 Å². The summed E-state index contributed by atoms with van der Waals surface area (Å²) in [5.74, 6) is 0.319. The zero-order valence-electron chi connectivity index (χ0n) is 11.6. The molecular formula is C14H21N3O2S. The van der Waals surface area contributed by atoms with Crippen LogP contribution in [0.5, 0.6) is 0 Å². The molecule has 1 aromatic carbocycles. The van der Waals surface area contributed by atoms with Crippen molar-refractivity contribution in [2.75, 3.05) is 29.9 Å². The second-order valence-electron chi connectivity index (χ2n) is 4.23. The Balaban J connectivity index is 2.24. The Labute approximate surface area is 123 Å². The Morgan fingerprint density at radius 1 is 1.15 bits per heavy atom. The number of aryl methyl sites for hydroxylation is 1. The first-order valence-electron chi connectivity index (χ1n) is 6.59. The number of thioether (sulfide) groups is 1. The highest BCUT2D eigenvalue weighted by Gasteiger charge is 2.05. The Kier molecular flexibility index (Phi) is 7.75. The third kappa shape index (κ3) is 6.58. The van der Waals surface area contributed by atoms with Crippen molar-refractivity contribution in [2.45, 2.75) is 13.3 Å². The van der Waals surface area contributed by atoms with E-state index in [1.54, 1.807) is 0 Å². The molecule has 4 N–H and O–H groups in total. The maximum absolute atomic E-state index is 11.7. The number of rotatable bonds is 8. The number of nitrogens with one attached hydrogen (secondary N) is 2. The highest BCUT2D eigenvalue weighted by atomic mass is 32.2. The molecule has 110 valence electrons. The van der Waals surface area contributed by atoms with Gasteiger partial charge in [0.05, 0.1) is 11.5 Å². The van der Waals surface area contributed by atoms with Gasteiger partial charge in [-0.15, -0.1) is 11.8 Å². The van der Waals surface area contributed by atoms with Crippen LogP contribution in [0, 0.1) is 0 Å². The molecular weight excluding hydrogens is 274 g/mol. The molecule has 0 heterocycles. The topological polar surface area (TPSA) is 84.2 Å². The summed E-state index contributed by atoms with van der Waals surface area (Å²) in [7, 11) is 0. The van der Waals surface area contributed by atoms with Gasteiger partial charge >= 0.3 is 0 Å². The summed E-state index contributed by atoms with van der Waals surface area (Å²) in [6.07, 6.45) is 0.974. The predicted octanol–water partition coefficient (Wildman–Crippen LogP) is 0.996. The Morgan fingerprint density at radius 2 is 1.80 bits per heavy atom. The van der Waals surface area contributed by atoms with Crippen molar-refractivity contribution in [3.8, 4) is 0 Å². The van der Waals surface area contributed by atoms with E-state index in [9.17, 15) is 9.59 Å². The average Bonchev–Trinajstić information content (AvgIpc) is 2.46. The lowest BCUT2D eigenvalue weighted by atomic mass is 10.1. The number of anilines is 1. The summed E-state index contributed by atoms with van der Waals surface area (Å²) in [6, 6.07) is 7.75. The normalized spacial score (nSPS) is 10.1. The molecule has 0 aliphatic heterocycles. The number of carbonyl (C=O) groups excluding carboxylic acids is 2. The molecule has 1 aromatic rings. The third-order valence-electron chi connectivity index (χ3n) is 2.58. The van der Waals surface area contributed by atoms with Gasteiger partial charge < -0.3 is 16.4 Å². The van der Waals surface area contributed by atoms with Crippen LogP contribution in [0.2, 0.25) is 0 Å². The van der Waals surface area contributed by atoms with Gasteiger partial charge in [0.2, 0.25) is 11.8 Å². The maximum atomic E-state index is 11.7. The van der Waals surface area contributed by atoms with Crippen molar-refractivity contribution in [1.82, 2.24) is 5.32 Å². The third-order valence-corrected chi connectivity index (χ3v) is 3.51. The molecule has 0 saturated carbocycles. The second kappa shape index (κ2) is 9.39. The first kappa shape index (κ1) is 16.5. The van der Waals surface area contributed by atoms with Gasteiger partial charge in [0.25, 0.3) is 0 Å². The van der Waals surface area contributed by atoms with E-state index in [1.807, 2.05) is 24.3 Å². The average molecular weight is 295 g/mol. The molecule has 20 heavy (non-hydrogen) atoms. The van der Waals surface area contributed by atoms with Crippen molar-refractivity contribution < 1.29 is 9.59 Å². The fourth-order valence-electron chi connectivity index (χ4n) is 1.52. The van der Waals surface area contributed by atoms with Crippen LogP contribution in [0.25, 0.3) is 0 Å². The van der Waals surface area contributed by atoms with Crippen LogP contribution in [0.4, 0.5) is 5.69 Å². The lowest BCUT2D eigenvalue weighted by Gasteiger charge is -2.06. The van der Waals surface area contributed by atoms with Gasteiger partial charge in [0, 0.05) is 18.8 Å². The molecule has 5 nitrogen and oxygen atoms in total. The van der Waals surface area contributed by atoms with Gasteiger partial charge in [-0.3, -0.25) is 9.59 Å². The highest BCUT2D eigenvalue weighted by Crippen LogP contribution is 2.10. The van der Waals surface area contributed by atoms with Gasteiger partial charge in [0.15, 0.2) is 0 Å². The zero-order chi connectivity index (χ0) is 14.8. The van der Waals surface area contributed by atoms with Gasteiger partial charge in [-0.25, -0.2) is 0 Å². The minimum absolute atomic E-state index is 0.0967. The summed E-state index contributed by atoms with van der Waals surface area (Å²) >= 11 is 1.28. The summed E-state index contributed by atoms with van der Waals surface area (Å²) in [4.78, 5) is 23.0. The molecule has 0 aliphatic rings. The van der Waals surface area contributed by atoms with Crippen LogP contribution in [-0.4, -0.2) is 36.4 Å². The highest BCUT2D eigenvalue weighted by molar-refractivity contribution is 8.00. The molecule has 2 amide bonds. The standard InChI is InChI=1S/C14H21N3O2S/c1-2-11-3-5-12(6-4-11)17-14(19)10-20-9-13(18)16-8-7-15/h3-6H,2,7-10,15H2,1H3,(H,16,18)(H,17,19). The molecule has 0 atom stereocenters. The van der Waals surface area contributed by atoms with E-state index >= 15 is 0 Å². The van der Waals surface area contributed by atoms with Crippen LogP contribution in [0.3, 0.4) is 0 Å².